The first-order valence-corrected chi connectivity index (χ1v) is 6.31. The normalized spacial score (nSPS) is 10.9. The molecule has 0 saturated heterocycles. The molecule has 90 valence electrons. The van der Waals surface area contributed by atoms with Crippen molar-refractivity contribution >= 4 is 17.2 Å². The number of anilines is 1. The standard InChI is InChI=1S/C11H15N5S/c1-6(2)9-7(3)14-10(15-11(9)16-12)8-4-17-5-13-8/h4-6H,12H2,1-3H3,(H,14,15,16). The number of nitrogen functional groups attached to an aromatic ring is 1. The van der Waals surface area contributed by atoms with E-state index < -0.39 is 0 Å². The molecule has 0 radical (unpaired) electrons. The van der Waals surface area contributed by atoms with Gasteiger partial charge in [0.2, 0.25) is 0 Å². The van der Waals surface area contributed by atoms with Gasteiger partial charge in [-0.1, -0.05) is 13.8 Å². The minimum Gasteiger partial charge on any atom is -0.308 e. The minimum atomic E-state index is 0.325. The van der Waals surface area contributed by atoms with E-state index in [0.29, 0.717) is 17.6 Å². The number of thiazole rings is 1. The smallest absolute Gasteiger partial charge is 0.181 e. The third-order valence-corrected chi connectivity index (χ3v) is 3.10. The summed E-state index contributed by atoms with van der Waals surface area (Å²) in [6.07, 6.45) is 0. The molecule has 0 aliphatic carbocycles. The van der Waals surface area contributed by atoms with Gasteiger partial charge in [-0.15, -0.1) is 11.3 Å². The summed E-state index contributed by atoms with van der Waals surface area (Å²) in [5.74, 6) is 7.13. The number of nitrogens with zero attached hydrogens (tertiary/aromatic N) is 3. The molecule has 0 aliphatic rings. The molecule has 0 saturated carbocycles. The molecular formula is C11H15N5S. The number of nitrogens with one attached hydrogen (secondary N) is 1. The lowest BCUT2D eigenvalue weighted by Gasteiger charge is -2.14. The first-order chi connectivity index (χ1) is 8.13. The Balaban J connectivity index is 2.56. The second-order valence-electron chi connectivity index (χ2n) is 4.07. The SMILES string of the molecule is Cc1nc(-c2cscn2)nc(NN)c1C(C)C. The quantitative estimate of drug-likeness (QED) is 0.645. The molecule has 17 heavy (non-hydrogen) atoms. The monoisotopic (exact) mass is 249 g/mol. The number of aromatic nitrogens is 3. The van der Waals surface area contributed by atoms with Crippen molar-refractivity contribution in [2.24, 2.45) is 5.84 Å². The Morgan fingerprint density at radius 2 is 2.12 bits per heavy atom. The van der Waals surface area contributed by atoms with Gasteiger partial charge < -0.3 is 5.43 Å². The van der Waals surface area contributed by atoms with Gasteiger partial charge in [0.25, 0.3) is 0 Å². The highest BCUT2D eigenvalue weighted by Gasteiger charge is 2.15. The molecule has 2 rings (SSSR count). The van der Waals surface area contributed by atoms with Crippen LogP contribution in [0, 0.1) is 6.92 Å². The Kier molecular flexibility index (Phi) is 3.35. The fraction of sp³-hybridized carbons (Fsp3) is 0.364. The molecule has 3 N–H and O–H groups in total. The largest absolute Gasteiger partial charge is 0.308 e. The Morgan fingerprint density at radius 3 is 2.65 bits per heavy atom. The van der Waals surface area contributed by atoms with Gasteiger partial charge in [0.15, 0.2) is 5.82 Å². The van der Waals surface area contributed by atoms with Crippen LogP contribution in [0.25, 0.3) is 11.5 Å². The molecule has 0 fully saturated rings. The number of hydrogen-bond donors (Lipinski definition) is 2. The fourth-order valence-electron chi connectivity index (χ4n) is 1.82. The molecule has 0 atom stereocenters. The molecule has 0 bridgehead atoms. The Bertz CT molecular complexity index is 507. The summed E-state index contributed by atoms with van der Waals surface area (Å²) in [7, 11) is 0. The van der Waals surface area contributed by atoms with Gasteiger partial charge >= 0.3 is 0 Å². The van der Waals surface area contributed by atoms with Crippen molar-refractivity contribution in [3.63, 3.8) is 0 Å². The van der Waals surface area contributed by atoms with Gasteiger partial charge in [0.05, 0.1) is 5.51 Å². The highest BCUT2D eigenvalue weighted by Crippen LogP contribution is 2.27. The highest BCUT2D eigenvalue weighted by molar-refractivity contribution is 7.07. The van der Waals surface area contributed by atoms with E-state index in [1.807, 2.05) is 12.3 Å². The zero-order valence-corrected chi connectivity index (χ0v) is 10.9. The van der Waals surface area contributed by atoms with Crippen LogP contribution in [0.1, 0.15) is 31.0 Å². The van der Waals surface area contributed by atoms with Crippen LogP contribution in [-0.2, 0) is 0 Å². The molecule has 2 aromatic heterocycles. The topological polar surface area (TPSA) is 76.7 Å². The van der Waals surface area contributed by atoms with Crippen molar-refractivity contribution in [3.05, 3.63) is 22.1 Å². The summed E-state index contributed by atoms with van der Waals surface area (Å²) in [4.78, 5) is 13.1. The lowest BCUT2D eigenvalue weighted by molar-refractivity contribution is 0.831. The van der Waals surface area contributed by atoms with Gasteiger partial charge in [0, 0.05) is 16.6 Å². The van der Waals surface area contributed by atoms with Crippen LogP contribution >= 0.6 is 11.3 Å². The molecule has 2 aromatic rings. The first kappa shape index (κ1) is 11.9. The molecule has 0 aliphatic heterocycles. The van der Waals surface area contributed by atoms with Crippen molar-refractivity contribution < 1.29 is 0 Å². The number of hydrazine groups is 1. The third-order valence-electron chi connectivity index (χ3n) is 2.51. The lowest BCUT2D eigenvalue weighted by Crippen LogP contribution is -2.14. The number of hydrogen-bond acceptors (Lipinski definition) is 6. The van der Waals surface area contributed by atoms with E-state index in [-0.39, 0.29) is 0 Å². The maximum atomic E-state index is 5.52. The summed E-state index contributed by atoms with van der Waals surface area (Å²) < 4.78 is 0. The van der Waals surface area contributed by atoms with Crippen LogP contribution < -0.4 is 11.3 Å². The van der Waals surface area contributed by atoms with E-state index in [9.17, 15) is 0 Å². The maximum Gasteiger partial charge on any atom is 0.181 e. The van der Waals surface area contributed by atoms with E-state index >= 15 is 0 Å². The fourth-order valence-corrected chi connectivity index (χ4v) is 2.35. The van der Waals surface area contributed by atoms with Crippen LogP contribution in [0.5, 0.6) is 0 Å². The van der Waals surface area contributed by atoms with E-state index in [1.165, 1.54) is 11.3 Å². The average molecular weight is 249 g/mol. The summed E-state index contributed by atoms with van der Waals surface area (Å²) in [6.45, 7) is 6.15. The van der Waals surface area contributed by atoms with E-state index in [2.05, 4.69) is 34.2 Å². The molecule has 0 spiro atoms. The van der Waals surface area contributed by atoms with Gasteiger partial charge in [0.1, 0.15) is 11.5 Å². The molecule has 0 aromatic carbocycles. The lowest BCUT2D eigenvalue weighted by atomic mass is 10.0. The van der Waals surface area contributed by atoms with E-state index in [0.717, 1.165) is 17.0 Å². The molecular weight excluding hydrogens is 234 g/mol. The van der Waals surface area contributed by atoms with Gasteiger partial charge in [-0.05, 0) is 12.8 Å². The Hall–Kier alpha value is -1.53. The van der Waals surface area contributed by atoms with Gasteiger partial charge in [-0.25, -0.2) is 20.8 Å². The van der Waals surface area contributed by atoms with Crippen LogP contribution in [-0.4, -0.2) is 15.0 Å². The van der Waals surface area contributed by atoms with Crippen LogP contribution in [0.15, 0.2) is 10.9 Å². The predicted octanol–water partition coefficient (Wildman–Crippen LogP) is 2.32. The van der Waals surface area contributed by atoms with Gasteiger partial charge in [-0.2, -0.15) is 0 Å². The Morgan fingerprint density at radius 1 is 1.35 bits per heavy atom. The van der Waals surface area contributed by atoms with Crippen molar-refractivity contribution in [3.8, 4) is 11.5 Å². The van der Waals surface area contributed by atoms with Crippen molar-refractivity contribution in [2.45, 2.75) is 26.7 Å². The van der Waals surface area contributed by atoms with Crippen molar-refractivity contribution in [1.82, 2.24) is 15.0 Å². The second-order valence-corrected chi connectivity index (χ2v) is 4.79. The number of rotatable bonds is 3. The molecule has 0 unspecified atom stereocenters. The second kappa shape index (κ2) is 4.77. The molecule has 6 heteroatoms. The zero-order chi connectivity index (χ0) is 12.4. The minimum absolute atomic E-state index is 0.325. The van der Waals surface area contributed by atoms with Gasteiger partial charge in [-0.3, -0.25) is 0 Å². The number of nitrogens with two attached hydrogens (primary N) is 1. The van der Waals surface area contributed by atoms with Crippen LogP contribution in [0.2, 0.25) is 0 Å². The summed E-state index contributed by atoms with van der Waals surface area (Å²) in [6, 6.07) is 0. The Labute approximate surface area is 104 Å². The molecule has 5 nitrogen and oxygen atoms in total. The van der Waals surface area contributed by atoms with E-state index in [1.54, 1.807) is 5.51 Å². The molecule has 0 amide bonds. The molecule has 2 heterocycles. The highest BCUT2D eigenvalue weighted by atomic mass is 32.1. The maximum absolute atomic E-state index is 5.52. The van der Waals surface area contributed by atoms with E-state index in [4.69, 9.17) is 5.84 Å². The first-order valence-electron chi connectivity index (χ1n) is 5.37. The van der Waals surface area contributed by atoms with Crippen LogP contribution in [0.4, 0.5) is 5.82 Å². The summed E-state index contributed by atoms with van der Waals surface area (Å²) >= 11 is 1.52. The summed E-state index contributed by atoms with van der Waals surface area (Å²) in [5, 5.41) is 1.92. The van der Waals surface area contributed by atoms with Crippen molar-refractivity contribution in [1.29, 1.82) is 0 Å². The van der Waals surface area contributed by atoms with Crippen LogP contribution in [0.3, 0.4) is 0 Å². The average Bonchev–Trinajstić information content (AvgIpc) is 2.80. The summed E-state index contributed by atoms with van der Waals surface area (Å²) in [5.41, 5.74) is 7.17. The predicted molar refractivity (Wildman–Crippen MR) is 69.8 cm³/mol. The number of aryl methyl sites for hydroxylation is 1. The van der Waals surface area contributed by atoms with Crippen molar-refractivity contribution in [2.75, 3.05) is 5.43 Å². The third kappa shape index (κ3) is 2.27. The zero-order valence-electron chi connectivity index (χ0n) is 10.1.